The van der Waals surface area contributed by atoms with Gasteiger partial charge in [-0.3, -0.25) is 14.5 Å². The summed E-state index contributed by atoms with van der Waals surface area (Å²) in [7, 11) is 0. The number of anilines is 1. The third kappa shape index (κ3) is 3.37. The van der Waals surface area contributed by atoms with Crippen LogP contribution in [-0.4, -0.2) is 16.8 Å². The van der Waals surface area contributed by atoms with E-state index in [2.05, 4.69) is 0 Å². The Morgan fingerprint density at radius 2 is 1.73 bits per heavy atom. The number of carbonyl (C=O) groups is 2. The number of aliphatic hydroxyl groups is 1. The molecule has 0 saturated heterocycles. The fraction of sp³-hybridized carbons (Fsp3) is 0.238. The van der Waals surface area contributed by atoms with Crippen LogP contribution in [0.1, 0.15) is 31.9 Å². The van der Waals surface area contributed by atoms with Crippen LogP contribution in [0.15, 0.2) is 65.9 Å². The Morgan fingerprint density at radius 1 is 1.12 bits per heavy atom. The van der Waals surface area contributed by atoms with Gasteiger partial charge in [-0.15, -0.1) is 0 Å². The number of nitrogens with zero attached hydrogens (tertiary/aromatic N) is 1. The molecular weight excluding hydrogens is 350 g/mol. The van der Waals surface area contributed by atoms with E-state index >= 15 is 0 Å². The largest absolute Gasteiger partial charge is 0.503 e. The Balaban J connectivity index is 2.12. The van der Waals surface area contributed by atoms with Gasteiger partial charge in [-0.25, -0.2) is 0 Å². The Hall–Kier alpha value is -2.59. The van der Waals surface area contributed by atoms with Crippen LogP contribution in [0, 0.1) is 5.92 Å². The number of halogens is 1. The molecule has 0 saturated carbocycles. The number of rotatable bonds is 5. The molecule has 0 radical (unpaired) electrons. The van der Waals surface area contributed by atoms with E-state index in [4.69, 9.17) is 11.6 Å². The van der Waals surface area contributed by atoms with Gasteiger partial charge in [0, 0.05) is 17.1 Å². The van der Waals surface area contributed by atoms with Crippen LogP contribution in [0.4, 0.5) is 5.69 Å². The van der Waals surface area contributed by atoms with Gasteiger partial charge in [0.15, 0.2) is 11.5 Å². The molecule has 4 nitrogen and oxygen atoms in total. The number of hydrogen-bond donors (Lipinski definition) is 1. The molecule has 0 bridgehead atoms. The third-order valence-corrected chi connectivity index (χ3v) is 4.57. The predicted octanol–water partition coefficient (Wildman–Crippen LogP) is 4.86. The highest BCUT2D eigenvalue weighted by molar-refractivity contribution is 6.30. The highest BCUT2D eigenvalue weighted by Gasteiger charge is 2.44. The molecule has 1 aliphatic rings. The van der Waals surface area contributed by atoms with E-state index in [1.165, 1.54) is 4.90 Å². The fourth-order valence-corrected chi connectivity index (χ4v) is 3.32. The zero-order valence-corrected chi connectivity index (χ0v) is 15.4. The topological polar surface area (TPSA) is 57.6 Å². The molecule has 1 aliphatic heterocycles. The van der Waals surface area contributed by atoms with Gasteiger partial charge in [-0.2, -0.15) is 0 Å². The van der Waals surface area contributed by atoms with Gasteiger partial charge in [0.05, 0.1) is 11.6 Å². The quantitative estimate of drug-likeness (QED) is 0.819. The molecule has 3 rings (SSSR count). The minimum absolute atomic E-state index is 0.124. The lowest BCUT2D eigenvalue weighted by Gasteiger charge is -2.27. The molecule has 1 unspecified atom stereocenters. The van der Waals surface area contributed by atoms with Crippen molar-refractivity contribution in [3.63, 3.8) is 0 Å². The van der Waals surface area contributed by atoms with Crippen LogP contribution in [0.25, 0.3) is 0 Å². The number of carbonyl (C=O) groups excluding carboxylic acids is 2. The van der Waals surface area contributed by atoms with E-state index in [9.17, 15) is 14.7 Å². The molecular formula is C21H20ClNO3. The first kappa shape index (κ1) is 18.2. The van der Waals surface area contributed by atoms with Gasteiger partial charge in [0.25, 0.3) is 5.91 Å². The van der Waals surface area contributed by atoms with Crippen molar-refractivity contribution >= 4 is 29.0 Å². The zero-order valence-electron chi connectivity index (χ0n) is 14.6. The first-order valence-corrected chi connectivity index (χ1v) is 8.88. The van der Waals surface area contributed by atoms with Crippen LogP contribution in [0.3, 0.4) is 0 Å². The molecule has 1 amide bonds. The maximum atomic E-state index is 12.8. The normalized spacial score (nSPS) is 17.3. The summed E-state index contributed by atoms with van der Waals surface area (Å²) in [4.78, 5) is 27.1. The summed E-state index contributed by atoms with van der Waals surface area (Å²) in [6, 6.07) is 15.4. The van der Waals surface area contributed by atoms with Crippen molar-refractivity contribution in [2.24, 2.45) is 5.92 Å². The maximum Gasteiger partial charge on any atom is 0.294 e. The Morgan fingerprint density at radius 3 is 2.31 bits per heavy atom. The number of hydrogen-bond acceptors (Lipinski definition) is 3. The predicted molar refractivity (Wildman–Crippen MR) is 102 cm³/mol. The first-order chi connectivity index (χ1) is 12.4. The van der Waals surface area contributed by atoms with Gasteiger partial charge < -0.3 is 5.11 Å². The van der Waals surface area contributed by atoms with Crippen molar-refractivity contribution in [3.05, 3.63) is 76.5 Å². The van der Waals surface area contributed by atoms with E-state index in [1.54, 1.807) is 24.3 Å². The summed E-state index contributed by atoms with van der Waals surface area (Å²) in [5.41, 5.74) is 1.50. The highest BCUT2D eigenvalue weighted by Crippen LogP contribution is 2.41. The molecule has 1 heterocycles. The lowest BCUT2D eigenvalue weighted by molar-refractivity contribution is -0.118. The Kier molecular flexibility index (Phi) is 5.14. The van der Waals surface area contributed by atoms with Gasteiger partial charge in [0.2, 0.25) is 0 Å². The number of amides is 1. The van der Waals surface area contributed by atoms with Crippen molar-refractivity contribution in [2.75, 3.05) is 4.90 Å². The van der Waals surface area contributed by atoms with E-state index in [0.29, 0.717) is 10.7 Å². The molecule has 134 valence electrons. The summed E-state index contributed by atoms with van der Waals surface area (Å²) in [6.45, 7) is 3.86. The molecule has 2 aromatic rings. The lowest BCUT2D eigenvalue weighted by atomic mass is 9.92. The molecule has 0 fully saturated rings. The minimum atomic E-state index is -0.656. The van der Waals surface area contributed by atoms with Gasteiger partial charge in [-0.1, -0.05) is 55.8 Å². The van der Waals surface area contributed by atoms with E-state index in [0.717, 1.165) is 5.56 Å². The molecule has 1 N–H and O–H groups in total. The van der Waals surface area contributed by atoms with Crippen molar-refractivity contribution in [1.82, 2.24) is 0 Å². The van der Waals surface area contributed by atoms with Crippen molar-refractivity contribution in [2.45, 2.75) is 26.3 Å². The molecule has 0 aliphatic carbocycles. The van der Waals surface area contributed by atoms with Crippen molar-refractivity contribution < 1.29 is 14.7 Å². The number of Topliss-reactive ketones (excluding diaryl/α,β-unsaturated/α-hetero) is 1. The SMILES string of the molecule is CC(C)CC(=O)C1=C(O)C(=O)N(c2ccc(Cl)cc2)C1c1ccccc1. The van der Waals surface area contributed by atoms with Crippen LogP contribution in [-0.2, 0) is 9.59 Å². The van der Waals surface area contributed by atoms with Crippen molar-refractivity contribution in [3.8, 4) is 0 Å². The molecule has 2 aromatic carbocycles. The van der Waals surface area contributed by atoms with Crippen LogP contribution < -0.4 is 4.90 Å². The number of ketones is 1. The summed E-state index contributed by atoms with van der Waals surface area (Å²) in [5, 5.41) is 11.0. The molecule has 0 aromatic heterocycles. The highest BCUT2D eigenvalue weighted by atomic mass is 35.5. The lowest BCUT2D eigenvalue weighted by Crippen LogP contribution is -2.31. The van der Waals surface area contributed by atoms with E-state index < -0.39 is 17.7 Å². The van der Waals surface area contributed by atoms with Gasteiger partial charge >= 0.3 is 0 Å². The van der Waals surface area contributed by atoms with Crippen LogP contribution in [0.2, 0.25) is 5.02 Å². The Bertz CT molecular complexity index is 857. The van der Waals surface area contributed by atoms with Crippen LogP contribution in [0.5, 0.6) is 0 Å². The number of aliphatic hydroxyl groups excluding tert-OH is 1. The first-order valence-electron chi connectivity index (χ1n) is 8.50. The summed E-state index contributed by atoms with van der Waals surface area (Å²) >= 11 is 5.96. The summed E-state index contributed by atoms with van der Waals surface area (Å²) < 4.78 is 0. The van der Waals surface area contributed by atoms with Gasteiger partial charge in [0.1, 0.15) is 0 Å². The standard InChI is InChI=1S/C21H20ClNO3/c1-13(2)12-17(24)18-19(14-6-4-3-5-7-14)23(21(26)20(18)25)16-10-8-15(22)9-11-16/h3-11,13,19,25H,12H2,1-2H3. The second-order valence-electron chi connectivity index (χ2n) is 6.75. The van der Waals surface area contributed by atoms with Crippen molar-refractivity contribution in [1.29, 1.82) is 0 Å². The molecule has 0 spiro atoms. The van der Waals surface area contributed by atoms with E-state index in [-0.39, 0.29) is 23.7 Å². The van der Waals surface area contributed by atoms with Gasteiger partial charge in [-0.05, 0) is 35.7 Å². The second-order valence-corrected chi connectivity index (χ2v) is 7.18. The molecule has 26 heavy (non-hydrogen) atoms. The maximum absolute atomic E-state index is 12.8. The number of benzene rings is 2. The van der Waals surface area contributed by atoms with E-state index in [1.807, 2.05) is 44.2 Å². The monoisotopic (exact) mass is 369 g/mol. The summed E-state index contributed by atoms with van der Waals surface area (Å²) in [6.07, 6.45) is 0.268. The average molecular weight is 370 g/mol. The third-order valence-electron chi connectivity index (χ3n) is 4.32. The second kappa shape index (κ2) is 7.34. The molecule has 5 heteroatoms. The zero-order chi connectivity index (χ0) is 18.8. The summed E-state index contributed by atoms with van der Waals surface area (Å²) in [5.74, 6) is -1.14. The Labute approximate surface area is 157 Å². The smallest absolute Gasteiger partial charge is 0.294 e. The minimum Gasteiger partial charge on any atom is -0.503 e. The fourth-order valence-electron chi connectivity index (χ4n) is 3.19. The molecule has 1 atom stereocenters. The van der Waals surface area contributed by atoms with Crippen LogP contribution >= 0.6 is 11.6 Å². The average Bonchev–Trinajstić information content (AvgIpc) is 2.88.